The zero-order chi connectivity index (χ0) is 12.7. The second-order valence-electron chi connectivity index (χ2n) is 4.32. The molecule has 0 spiro atoms. The van der Waals surface area contributed by atoms with E-state index in [-0.39, 0.29) is 5.56 Å². The normalized spacial score (nSPS) is 14.7. The predicted molar refractivity (Wildman–Crippen MR) is 70.1 cm³/mol. The monoisotopic (exact) mass is 307 g/mol. The minimum atomic E-state index is -0.978. The highest BCUT2D eigenvalue weighted by atomic mass is 79.9. The van der Waals surface area contributed by atoms with Crippen molar-refractivity contribution in [2.45, 2.75) is 18.9 Å². The summed E-state index contributed by atoms with van der Waals surface area (Å²) in [5.74, 6) is -0.227. The highest BCUT2D eigenvalue weighted by Gasteiger charge is 2.23. The summed E-state index contributed by atoms with van der Waals surface area (Å²) in [6.45, 7) is 0. The van der Waals surface area contributed by atoms with Crippen molar-refractivity contribution in [1.82, 2.24) is 4.98 Å². The number of aromatic nitrogens is 1. The standard InChI is InChI=1S/C13H10BrNO3/c14-11-5-10(18-9-1-2-9)4-7-3-8(13(16)17)6-15-12(7)11/h3-6,9H,1-2H2,(H,16,17). The molecule has 5 heteroatoms. The van der Waals surface area contributed by atoms with Gasteiger partial charge in [0.2, 0.25) is 0 Å². The van der Waals surface area contributed by atoms with E-state index < -0.39 is 5.97 Å². The molecule has 0 saturated heterocycles. The third kappa shape index (κ3) is 2.18. The van der Waals surface area contributed by atoms with Gasteiger partial charge in [0.05, 0.1) is 17.2 Å². The number of aromatic carboxylic acids is 1. The van der Waals surface area contributed by atoms with Gasteiger partial charge in [0, 0.05) is 16.1 Å². The van der Waals surface area contributed by atoms with E-state index in [1.807, 2.05) is 12.1 Å². The number of rotatable bonds is 3. The van der Waals surface area contributed by atoms with Crippen LogP contribution in [0.5, 0.6) is 5.75 Å². The lowest BCUT2D eigenvalue weighted by Gasteiger charge is -2.07. The molecule has 1 heterocycles. The fourth-order valence-corrected chi connectivity index (χ4v) is 2.30. The molecule has 1 fully saturated rings. The van der Waals surface area contributed by atoms with Gasteiger partial charge in [-0.25, -0.2) is 4.79 Å². The molecule has 1 aromatic carbocycles. The van der Waals surface area contributed by atoms with E-state index in [1.54, 1.807) is 6.07 Å². The van der Waals surface area contributed by atoms with Crippen LogP contribution in [0.3, 0.4) is 0 Å². The molecule has 2 aromatic rings. The lowest BCUT2D eigenvalue weighted by molar-refractivity contribution is 0.0696. The number of ether oxygens (including phenoxy) is 1. The smallest absolute Gasteiger partial charge is 0.337 e. The second-order valence-corrected chi connectivity index (χ2v) is 5.18. The molecule has 0 radical (unpaired) electrons. The van der Waals surface area contributed by atoms with E-state index in [1.165, 1.54) is 6.20 Å². The number of carbonyl (C=O) groups is 1. The Hall–Kier alpha value is -1.62. The van der Waals surface area contributed by atoms with E-state index in [4.69, 9.17) is 9.84 Å². The Bertz CT molecular complexity index is 637. The van der Waals surface area contributed by atoms with E-state index >= 15 is 0 Å². The Morgan fingerprint density at radius 2 is 2.17 bits per heavy atom. The van der Waals surface area contributed by atoms with Gasteiger partial charge in [0.25, 0.3) is 0 Å². The second kappa shape index (κ2) is 4.24. The van der Waals surface area contributed by atoms with Crippen LogP contribution >= 0.6 is 15.9 Å². The van der Waals surface area contributed by atoms with Crippen LogP contribution in [-0.2, 0) is 0 Å². The van der Waals surface area contributed by atoms with Crippen LogP contribution in [0.4, 0.5) is 0 Å². The average Bonchev–Trinajstić information content (AvgIpc) is 3.12. The van der Waals surface area contributed by atoms with Gasteiger partial charge in [0.15, 0.2) is 0 Å². The number of carboxylic acid groups (broad SMARTS) is 1. The van der Waals surface area contributed by atoms with Crippen LogP contribution in [0.15, 0.2) is 28.9 Å². The minimum Gasteiger partial charge on any atom is -0.490 e. The fourth-order valence-electron chi connectivity index (χ4n) is 1.74. The van der Waals surface area contributed by atoms with Gasteiger partial charge in [0.1, 0.15) is 5.75 Å². The number of hydrogen-bond acceptors (Lipinski definition) is 3. The molecule has 92 valence electrons. The molecule has 1 saturated carbocycles. The number of fused-ring (bicyclic) bond motifs is 1. The number of halogens is 1. The van der Waals surface area contributed by atoms with Crippen LogP contribution < -0.4 is 4.74 Å². The van der Waals surface area contributed by atoms with Crippen LogP contribution in [0.25, 0.3) is 10.9 Å². The quantitative estimate of drug-likeness (QED) is 0.945. The van der Waals surface area contributed by atoms with Crippen LogP contribution in [-0.4, -0.2) is 22.2 Å². The van der Waals surface area contributed by atoms with E-state index in [0.717, 1.165) is 34.0 Å². The summed E-state index contributed by atoms with van der Waals surface area (Å²) in [6.07, 6.45) is 3.84. The highest BCUT2D eigenvalue weighted by Crippen LogP contribution is 2.32. The maximum Gasteiger partial charge on any atom is 0.337 e. The Balaban J connectivity index is 2.09. The Morgan fingerprint density at radius 3 is 2.83 bits per heavy atom. The average molecular weight is 308 g/mol. The summed E-state index contributed by atoms with van der Waals surface area (Å²) < 4.78 is 6.52. The summed E-state index contributed by atoms with van der Waals surface area (Å²) in [4.78, 5) is 15.1. The first-order valence-corrected chi connectivity index (χ1v) is 6.42. The molecule has 3 rings (SSSR count). The molecule has 0 unspecified atom stereocenters. The fraction of sp³-hybridized carbons (Fsp3) is 0.231. The summed E-state index contributed by atoms with van der Waals surface area (Å²) in [6, 6.07) is 5.31. The molecule has 18 heavy (non-hydrogen) atoms. The number of benzene rings is 1. The first-order valence-electron chi connectivity index (χ1n) is 5.63. The van der Waals surface area contributed by atoms with Crippen molar-refractivity contribution in [3.63, 3.8) is 0 Å². The van der Waals surface area contributed by atoms with E-state index in [9.17, 15) is 4.79 Å². The van der Waals surface area contributed by atoms with Crippen LogP contribution in [0.2, 0.25) is 0 Å². The maximum atomic E-state index is 10.9. The van der Waals surface area contributed by atoms with Gasteiger partial charge in [-0.15, -0.1) is 0 Å². The molecule has 1 aromatic heterocycles. The molecule has 4 nitrogen and oxygen atoms in total. The lowest BCUT2D eigenvalue weighted by atomic mass is 10.1. The van der Waals surface area contributed by atoms with E-state index in [0.29, 0.717) is 6.10 Å². The maximum absolute atomic E-state index is 10.9. The van der Waals surface area contributed by atoms with Gasteiger partial charge in [-0.3, -0.25) is 4.98 Å². The van der Waals surface area contributed by atoms with Gasteiger partial charge < -0.3 is 9.84 Å². The molecule has 0 amide bonds. The Kier molecular flexibility index (Phi) is 2.70. The topological polar surface area (TPSA) is 59.4 Å². The highest BCUT2D eigenvalue weighted by molar-refractivity contribution is 9.10. The third-order valence-corrected chi connectivity index (χ3v) is 3.39. The summed E-state index contributed by atoms with van der Waals surface area (Å²) in [7, 11) is 0. The van der Waals surface area contributed by atoms with Crippen LogP contribution in [0.1, 0.15) is 23.2 Å². The third-order valence-electron chi connectivity index (χ3n) is 2.78. The first-order chi connectivity index (χ1) is 8.63. The summed E-state index contributed by atoms with van der Waals surface area (Å²) in [5.41, 5.74) is 0.918. The van der Waals surface area contributed by atoms with Crippen molar-refractivity contribution in [3.8, 4) is 5.75 Å². The van der Waals surface area contributed by atoms with Gasteiger partial charge in [-0.1, -0.05) is 0 Å². The molecule has 0 aliphatic heterocycles. The molecular formula is C13H10BrNO3. The number of hydrogen-bond donors (Lipinski definition) is 1. The zero-order valence-corrected chi connectivity index (χ0v) is 11.0. The summed E-state index contributed by atoms with van der Waals surface area (Å²) in [5, 5.41) is 9.72. The largest absolute Gasteiger partial charge is 0.490 e. The molecule has 0 bridgehead atoms. The summed E-state index contributed by atoms with van der Waals surface area (Å²) >= 11 is 3.43. The van der Waals surface area contributed by atoms with Crippen molar-refractivity contribution in [1.29, 1.82) is 0 Å². The van der Waals surface area contributed by atoms with Crippen molar-refractivity contribution in [2.75, 3.05) is 0 Å². The molecule has 0 atom stereocenters. The molecule has 1 aliphatic carbocycles. The first kappa shape index (κ1) is 11.5. The van der Waals surface area contributed by atoms with Crippen molar-refractivity contribution in [2.24, 2.45) is 0 Å². The van der Waals surface area contributed by atoms with Gasteiger partial charge >= 0.3 is 5.97 Å². The Labute approximate surface area is 112 Å². The molecule has 1 N–H and O–H groups in total. The minimum absolute atomic E-state index is 0.179. The molecular weight excluding hydrogens is 298 g/mol. The zero-order valence-electron chi connectivity index (χ0n) is 9.39. The molecule has 1 aliphatic rings. The Morgan fingerprint density at radius 1 is 1.39 bits per heavy atom. The van der Waals surface area contributed by atoms with Crippen molar-refractivity contribution < 1.29 is 14.6 Å². The van der Waals surface area contributed by atoms with Gasteiger partial charge in [-0.2, -0.15) is 0 Å². The van der Waals surface area contributed by atoms with Gasteiger partial charge in [-0.05, 0) is 47.0 Å². The predicted octanol–water partition coefficient (Wildman–Crippen LogP) is 3.24. The number of pyridine rings is 1. The SMILES string of the molecule is O=C(O)c1cnc2c(Br)cc(OC3CC3)cc2c1. The van der Waals surface area contributed by atoms with Crippen LogP contribution in [0, 0.1) is 0 Å². The van der Waals surface area contributed by atoms with Crippen molar-refractivity contribution >= 4 is 32.8 Å². The van der Waals surface area contributed by atoms with E-state index in [2.05, 4.69) is 20.9 Å². The number of carboxylic acids is 1. The number of nitrogens with zero attached hydrogens (tertiary/aromatic N) is 1. The lowest BCUT2D eigenvalue weighted by Crippen LogP contribution is -1.99. The van der Waals surface area contributed by atoms with Crippen molar-refractivity contribution in [3.05, 3.63) is 34.4 Å².